The number of rotatable bonds is 4. The molecule has 0 amide bonds. The van der Waals surface area contributed by atoms with Gasteiger partial charge in [0.05, 0.1) is 5.69 Å². The Morgan fingerprint density at radius 3 is 3.13 bits per heavy atom. The average Bonchev–Trinajstić information content (AvgIpc) is 3.26. The minimum atomic E-state index is -0.0761. The Bertz CT molecular complexity index is 868. The van der Waals surface area contributed by atoms with Gasteiger partial charge in [-0.3, -0.25) is 9.69 Å². The average molecular weight is 346 g/mol. The lowest BCUT2D eigenvalue weighted by Crippen LogP contribution is -2.24. The summed E-state index contributed by atoms with van der Waals surface area (Å²) in [5.41, 5.74) is 0.776. The van der Waals surface area contributed by atoms with E-state index in [4.69, 9.17) is 0 Å². The first kappa shape index (κ1) is 15.0. The molecule has 4 heterocycles. The molecule has 1 fully saturated rings. The Balaban J connectivity index is 1.63. The second-order valence-corrected chi connectivity index (χ2v) is 7.79. The molecule has 23 heavy (non-hydrogen) atoms. The molecule has 0 unspecified atom stereocenters. The van der Waals surface area contributed by atoms with Gasteiger partial charge in [-0.1, -0.05) is 24.3 Å². The molecular weight excluding hydrogens is 328 g/mol. The molecule has 0 N–H and O–H groups in total. The Morgan fingerprint density at radius 1 is 1.43 bits per heavy atom. The van der Waals surface area contributed by atoms with Gasteiger partial charge in [0.1, 0.15) is 5.01 Å². The van der Waals surface area contributed by atoms with E-state index in [0.717, 1.165) is 30.2 Å². The molecule has 3 aromatic heterocycles. The van der Waals surface area contributed by atoms with E-state index >= 15 is 0 Å². The lowest BCUT2D eigenvalue weighted by Gasteiger charge is -2.22. The van der Waals surface area contributed by atoms with E-state index in [1.807, 2.05) is 18.3 Å². The van der Waals surface area contributed by atoms with Crippen molar-refractivity contribution in [3.05, 3.63) is 49.5 Å². The third-order valence-corrected chi connectivity index (χ3v) is 6.27. The van der Waals surface area contributed by atoms with Crippen LogP contribution in [0, 0.1) is 0 Å². The van der Waals surface area contributed by atoms with Gasteiger partial charge in [0.25, 0.3) is 5.56 Å². The van der Waals surface area contributed by atoms with Crippen LogP contribution in [0.25, 0.3) is 4.96 Å². The standard InChI is InChI=1S/C16H18N4OS2/c1-2-14-18-20-15(21)9-11(17-16(20)23-14)10-19-7-3-5-12(19)13-6-4-8-22-13/h4,6,8-9,12H,2-3,5,7,10H2,1H3/t12-/m0/s1. The van der Waals surface area contributed by atoms with E-state index in [-0.39, 0.29) is 5.56 Å². The summed E-state index contributed by atoms with van der Waals surface area (Å²) in [5.74, 6) is 0. The summed E-state index contributed by atoms with van der Waals surface area (Å²) in [6, 6.07) is 6.41. The predicted octanol–water partition coefficient (Wildman–Crippen LogP) is 3.11. The third kappa shape index (κ3) is 2.84. The molecule has 0 radical (unpaired) electrons. The highest BCUT2D eigenvalue weighted by Gasteiger charge is 2.27. The zero-order valence-electron chi connectivity index (χ0n) is 12.9. The molecule has 7 heteroatoms. The van der Waals surface area contributed by atoms with Gasteiger partial charge in [-0.2, -0.15) is 9.61 Å². The molecule has 0 aliphatic carbocycles. The predicted molar refractivity (Wildman–Crippen MR) is 93.2 cm³/mol. The van der Waals surface area contributed by atoms with Gasteiger partial charge in [-0.05, 0) is 37.3 Å². The van der Waals surface area contributed by atoms with Crippen LogP contribution in [-0.4, -0.2) is 26.0 Å². The van der Waals surface area contributed by atoms with E-state index in [0.29, 0.717) is 11.0 Å². The van der Waals surface area contributed by atoms with Gasteiger partial charge in [-0.15, -0.1) is 11.3 Å². The number of aryl methyl sites for hydroxylation is 1. The number of aromatic nitrogens is 3. The topological polar surface area (TPSA) is 50.5 Å². The highest BCUT2D eigenvalue weighted by molar-refractivity contribution is 7.16. The Hall–Kier alpha value is -1.57. The summed E-state index contributed by atoms with van der Waals surface area (Å²) in [7, 11) is 0. The number of fused-ring (bicyclic) bond motifs is 1. The highest BCUT2D eigenvalue weighted by Crippen LogP contribution is 2.35. The Kier molecular flexibility index (Phi) is 4.00. The van der Waals surface area contributed by atoms with E-state index in [2.05, 4.69) is 32.5 Å². The van der Waals surface area contributed by atoms with E-state index < -0.39 is 0 Å². The van der Waals surface area contributed by atoms with Crippen LogP contribution in [0.5, 0.6) is 0 Å². The molecule has 3 aromatic rings. The van der Waals surface area contributed by atoms with Crippen molar-refractivity contribution in [2.24, 2.45) is 0 Å². The fourth-order valence-electron chi connectivity index (χ4n) is 3.15. The van der Waals surface area contributed by atoms with Crippen LogP contribution in [0.15, 0.2) is 28.4 Å². The van der Waals surface area contributed by atoms with Gasteiger partial charge >= 0.3 is 0 Å². The van der Waals surface area contributed by atoms with Crippen molar-refractivity contribution in [3.8, 4) is 0 Å². The summed E-state index contributed by atoms with van der Waals surface area (Å²) in [6.07, 6.45) is 3.21. The fraction of sp³-hybridized carbons (Fsp3) is 0.438. The van der Waals surface area contributed by atoms with Crippen LogP contribution < -0.4 is 5.56 Å². The van der Waals surface area contributed by atoms with Gasteiger partial charge in [0.2, 0.25) is 4.96 Å². The summed E-state index contributed by atoms with van der Waals surface area (Å²) in [6.45, 7) is 3.83. The van der Waals surface area contributed by atoms with Crippen molar-refractivity contribution in [3.63, 3.8) is 0 Å². The molecule has 120 valence electrons. The normalized spacial score (nSPS) is 18.9. The van der Waals surface area contributed by atoms with E-state index in [1.54, 1.807) is 6.07 Å². The molecule has 0 bridgehead atoms. The second kappa shape index (κ2) is 6.14. The first-order valence-electron chi connectivity index (χ1n) is 7.90. The summed E-state index contributed by atoms with van der Waals surface area (Å²) < 4.78 is 1.42. The SMILES string of the molecule is CCc1nn2c(=O)cc(CN3CCC[C@H]3c3cccs3)nc2s1. The molecular formula is C16H18N4OS2. The molecule has 0 aromatic carbocycles. The summed E-state index contributed by atoms with van der Waals surface area (Å²) in [5, 5.41) is 7.39. The zero-order chi connectivity index (χ0) is 15.8. The lowest BCUT2D eigenvalue weighted by atomic mass is 10.2. The van der Waals surface area contributed by atoms with E-state index in [9.17, 15) is 4.79 Å². The molecule has 0 spiro atoms. The first-order valence-corrected chi connectivity index (χ1v) is 9.60. The third-order valence-electron chi connectivity index (χ3n) is 4.24. The molecule has 4 rings (SSSR count). The molecule has 1 aliphatic heterocycles. The molecule has 0 saturated carbocycles. The van der Waals surface area contributed by atoms with Crippen LogP contribution >= 0.6 is 22.7 Å². The lowest BCUT2D eigenvalue weighted by molar-refractivity contribution is 0.248. The van der Waals surface area contributed by atoms with Gasteiger partial charge in [0.15, 0.2) is 0 Å². The van der Waals surface area contributed by atoms with E-state index in [1.165, 1.54) is 33.6 Å². The van der Waals surface area contributed by atoms with Crippen molar-refractivity contribution in [1.82, 2.24) is 19.5 Å². The highest BCUT2D eigenvalue weighted by atomic mass is 32.1. The van der Waals surface area contributed by atoms with Crippen LogP contribution in [0.4, 0.5) is 0 Å². The molecule has 1 saturated heterocycles. The maximum Gasteiger partial charge on any atom is 0.275 e. The van der Waals surface area contributed by atoms with Gasteiger partial charge in [-0.25, -0.2) is 4.98 Å². The van der Waals surface area contributed by atoms with Gasteiger partial charge < -0.3 is 0 Å². The van der Waals surface area contributed by atoms with Crippen molar-refractivity contribution in [1.29, 1.82) is 0 Å². The van der Waals surface area contributed by atoms with Crippen molar-refractivity contribution in [2.45, 2.75) is 38.8 Å². The quantitative estimate of drug-likeness (QED) is 0.728. The molecule has 1 atom stereocenters. The number of likely N-dealkylation sites (tertiary alicyclic amines) is 1. The maximum atomic E-state index is 12.3. The summed E-state index contributed by atoms with van der Waals surface area (Å²) >= 11 is 3.32. The van der Waals surface area contributed by atoms with Gasteiger partial charge in [0, 0.05) is 23.5 Å². The van der Waals surface area contributed by atoms with Crippen LogP contribution in [0.1, 0.15) is 41.4 Å². The van der Waals surface area contributed by atoms with Crippen LogP contribution in [0.2, 0.25) is 0 Å². The molecule has 5 nitrogen and oxygen atoms in total. The van der Waals surface area contributed by atoms with Crippen LogP contribution in [0.3, 0.4) is 0 Å². The largest absolute Gasteiger partial charge is 0.290 e. The van der Waals surface area contributed by atoms with Crippen molar-refractivity contribution >= 4 is 27.6 Å². The van der Waals surface area contributed by atoms with Crippen molar-refractivity contribution in [2.75, 3.05) is 6.54 Å². The van der Waals surface area contributed by atoms with Crippen LogP contribution in [-0.2, 0) is 13.0 Å². The minimum absolute atomic E-state index is 0.0761. The number of thiophene rings is 1. The van der Waals surface area contributed by atoms with Crippen molar-refractivity contribution < 1.29 is 0 Å². The maximum absolute atomic E-state index is 12.3. The molecule has 1 aliphatic rings. The number of hydrogen-bond acceptors (Lipinski definition) is 6. The first-order chi connectivity index (χ1) is 11.2. The fourth-order valence-corrected chi connectivity index (χ4v) is 4.90. The Labute approximate surface area is 142 Å². The monoisotopic (exact) mass is 346 g/mol. The Morgan fingerprint density at radius 2 is 2.35 bits per heavy atom. The summed E-state index contributed by atoms with van der Waals surface area (Å²) in [4.78, 5) is 21.5. The number of nitrogens with zero attached hydrogens (tertiary/aromatic N) is 4. The zero-order valence-corrected chi connectivity index (χ0v) is 14.6. The second-order valence-electron chi connectivity index (χ2n) is 5.77. The minimum Gasteiger partial charge on any atom is -0.290 e. The smallest absolute Gasteiger partial charge is 0.275 e. The number of hydrogen-bond donors (Lipinski definition) is 0.